The molecule has 2 atom stereocenters. The zero-order valence-corrected chi connectivity index (χ0v) is 34.0. The van der Waals surface area contributed by atoms with Crippen molar-refractivity contribution in [3.05, 3.63) is 12.2 Å². The van der Waals surface area contributed by atoms with Crippen LogP contribution in [0.25, 0.3) is 0 Å². The Labute approximate surface area is 313 Å². The topological polar surface area (TPSA) is 134 Å². The van der Waals surface area contributed by atoms with Gasteiger partial charge in [0.2, 0.25) is 0 Å². The molecule has 0 aliphatic heterocycles. The van der Waals surface area contributed by atoms with E-state index in [2.05, 4.69) is 26.0 Å². The fourth-order valence-corrected chi connectivity index (χ4v) is 6.75. The van der Waals surface area contributed by atoms with Crippen LogP contribution in [0.5, 0.6) is 0 Å². The highest BCUT2D eigenvalue weighted by molar-refractivity contribution is 7.47. The average molecular weight is 746 g/mol. The quantitative estimate of drug-likeness (QED) is 0.0272. The maximum Gasteiger partial charge on any atom is 0.472 e. The molecule has 2 unspecified atom stereocenters. The summed E-state index contributed by atoms with van der Waals surface area (Å²) in [5, 5.41) is 0. The van der Waals surface area contributed by atoms with Crippen LogP contribution in [-0.2, 0) is 32.7 Å². The molecule has 9 nitrogen and oxygen atoms in total. The average Bonchev–Trinajstić information content (AvgIpc) is 3.11. The van der Waals surface area contributed by atoms with Crippen molar-refractivity contribution in [2.75, 3.05) is 26.4 Å². The van der Waals surface area contributed by atoms with Gasteiger partial charge in [-0.05, 0) is 38.5 Å². The first kappa shape index (κ1) is 49.8. The number of hydrogen-bond acceptors (Lipinski definition) is 8. The Balaban J connectivity index is 4.13. The van der Waals surface area contributed by atoms with Crippen molar-refractivity contribution in [2.24, 2.45) is 5.73 Å². The van der Waals surface area contributed by atoms with E-state index < -0.39 is 26.5 Å². The molecule has 0 amide bonds. The van der Waals surface area contributed by atoms with E-state index in [4.69, 9.17) is 24.3 Å². The van der Waals surface area contributed by atoms with Gasteiger partial charge in [-0.2, -0.15) is 0 Å². The number of rotatable bonds is 40. The highest BCUT2D eigenvalue weighted by Crippen LogP contribution is 2.43. The first-order chi connectivity index (χ1) is 24.8. The van der Waals surface area contributed by atoms with Crippen LogP contribution >= 0.6 is 7.82 Å². The van der Waals surface area contributed by atoms with Crippen molar-refractivity contribution < 1.29 is 37.6 Å². The molecule has 0 spiro atoms. The molecule has 302 valence electrons. The van der Waals surface area contributed by atoms with Crippen LogP contribution in [0.3, 0.4) is 0 Å². The third-order valence-electron chi connectivity index (χ3n) is 9.15. The minimum absolute atomic E-state index is 0.0554. The van der Waals surface area contributed by atoms with Crippen molar-refractivity contribution in [1.29, 1.82) is 0 Å². The van der Waals surface area contributed by atoms with E-state index in [1.807, 2.05) is 0 Å². The van der Waals surface area contributed by atoms with Crippen molar-refractivity contribution in [1.82, 2.24) is 0 Å². The minimum Gasteiger partial charge on any atom is -0.462 e. The van der Waals surface area contributed by atoms with Crippen LogP contribution in [0.15, 0.2) is 12.2 Å². The highest BCUT2D eigenvalue weighted by Gasteiger charge is 2.26. The summed E-state index contributed by atoms with van der Waals surface area (Å²) in [6.45, 7) is 3.74. The van der Waals surface area contributed by atoms with E-state index in [1.165, 1.54) is 128 Å². The Morgan fingerprint density at radius 2 is 0.961 bits per heavy atom. The fraction of sp³-hybridized carbons (Fsp3) is 0.902. The molecule has 0 aromatic carbocycles. The van der Waals surface area contributed by atoms with Gasteiger partial charge < -0.3 is 20.1 Å². The Morgan fingerprint density at radius 3 is 1.39 bits per heavy atom. The second kappa shape index (κ2) is 38.5. The smallest absolute Gasteiger partial charge is 0.462 e. The maximum absolute atomic E-state index is 12.6. The second-order valence-corrected chi connectivity index (χ2v) is 15.7. The molecule has 0 rings (SSSR count). The molecule has 0 fully saturated rings. The molecule has 3 N–H and O–H groups in total. The van der Waals surface area contributed by atoms with E-state index in [1.54, 1.807) is 0 Å². The number of esters is 2. The molecule has 0 radical (unpaired) electrons. The standard InChI is InChI=1S/C41H80NO8P/c1-3-5-7-9-11-13-15-17-18-19-20-21-22-24-26-28-30-32-34-41(44)50-39(38-49-51(45,46)48-36-35-42)37-47-40(43)33-31-29-27-25-23-16-14-12-10-8-6-4-2/h18-19,39H,3-17,20-38,42H2,1-2H3,(H,45,46)/b19-18-. The summed E-state index contributed by atoms with van der Waals surface area (Å²) < 4.78 is 32.7. The molecule has 0 aliphatic rings. The summed E-state index contributed by atoms with van der Waals surface area (Å²) in [5.74, 6) is -0.825. The number of nitrogens with two attached hydrogens (primary N) is 1. The summed E-state index contributed by atoms with van der Waals surface area (Å²) in [7, 11) is -4.37. The van der Waals surface area contributed by atoms with Gasteiger partial charge in [0.25, 0.3) is 0 Å². The van der Waals surface area contributed by atoms with E-state index in [0.717, 1.165) is 44.9 Å². The van der Waals surface area contributed by atoms with Crippen LogP contribution in [-0.4, -0.2) is 49.3 Å². The number of allylic oxidation sites excluding steroid dienone is 2. The van der Waals surface area contributed by atoms with Crippen molar-refractivity contribution >= 4 is 19.8 Å². The third kappa shape index (κ3) is 38.3. The van der Waals surface area contributed by atoms with Crippen LogP contribution in [0.1, 0.15) is 206 Å². The Morgan fingerprint density at radius 1 is 0.569 bits per heavy atom. The molecular weight excluding hydrogens is 665 g/mol. The fourth-order valence-electron chi connectivity index (χ4n) is 5.98. The van der Waals surface area contributed by atoms with Gasteiger partial charge in [-0.15, -0.1) is 0 Å². The molecule has 0 saturated heterocycles. The zero-order chi connectivity index (χ0) is 37.5. The molecule has 51 heavy (non-hydrogen) atoms. The summed E-state index contributed by atoms with van der Waals surface area (Å²) in [6.07, 6.45) is 38.1. The number of carbonyl (C=O) groups is 2. The summed E-state index contributed by atoms with van der Waals surface area (Å²) in [4.78, 5) is 34.8. The predicted molar refractivity (Wildman–Crippen MR) is 211 cm³/mol. The van der Waals surface area contributed by atoms with E-state index in [0.29, 0.717) is 6.42 Å². The van der Waals surface area contributed by atoms with Gasteiger partial charge >= 0.3 is 19.8 Å². The van der Waals surface area contributed by atoms with Gasteiger partial charge in [0.05, 0.1) is 13.2 Å². The number of unbranched alkanes of at least 4 members (excludes halogenated alkanes) is 25. The molecular formula is C41H80NO8P. The Hall–Kier alpha value is -1.25. The second-order valence-electron chi connectivity index (χ2n) is 14.2. The van der Waals surface area contributed by atoms with Gasteiger partial charge in [-0.25, -0.2) is 4.57 Å². The Kier molecular flexibility index (Phi) is 37.5. The zero-order valence-electron chi connectivity index (χ0n) is 33.1. The minimum atomic E-state index is -4.37. The van der Waals surface area contributed by atoms with Crippen molar-refractivity contribution in [3.63, 3.8) is 0 Å². The predicted octanol–water partition coefficient (Wildman–Crippen LogP) is 11.8. The third-order valence-corrected chi connectivity index (χ3v) is 10.1. The van der Waals surface area contributed by atoms with Crippen LogP contribution in [0.4, 0.5) is 0 Å². The van der Waals surface area contributed by atoms with Gasteiger partial charge in [-0.3, -0.25) is 18.6 Å². The molecule has 0 aliphatic carbocycles. The van der Waals surface area contributed by atoms with Crippen molar-refractivity contribution in [3.8, 4) is 0 Å². The SMILES string of the molecule is CCCCCCCCC/C=C\CCCCCCCCCC(=O)OC(COC(=O)CCCCCCCCCCCCCC)COP(=O)(O)OCCN. The van der Waals surface area contributed by atoms with Crippen LogP contribution in [0, 0.1) is 0 Å². The number of hydrogen-bond donors (Lipinski definition) is 2. The molecule has 0 aromatic rings. The van der Waals surface area contributed by atoms with Gasteiger partial charge in [0.15, 0.2) is 6.10 Å². The van der Waals surface area contributed by atoms with Crippen LogP contribution in [0.2, 0.25) is 0 Å². The lowest BCUT2D eigenvalue weighted by Gasteiger charge is -2.19. The lowest BCUT2D eigenvalue weighted by Crippen LogP contribution is -2.29. The number of phosphoric acid groups is 1. The van der Waals surface area contributed by atoms with E-state index >= 15 is 0 Å². The Bertz CT molecular complexity index is 856. The first-order valence-corrected chi connectivity index (χ1v) is 22.7. The summed E-state index contributed by atoms with van der Waals surface area (Å²) >= 11 is 0. The molecule has 0 saturated carbocycles. The molecule has 0 heterocycles. The van der Waals surface area contributed by atoms with Crippen molar-refractivity contribution in [2.45, 2.75) is 213 Å². The summed E-state index contributed by atoms with van der Waals surface area (Å²) in [6, 6.07) is 0. The monoisotopic (exact) mass is 746 g/mol. The number of carbonyl (C=O) groups excluding carboxylic acids is 2. The van der Waals surface area contributed by atoms with E-state index in [-0.39, 0.29) is 38.6 Å². The van der Waals surface area contributed by atoms with Gasteiger partial charge in [-0.1, -0.05) is 167 Å². The number of ether oxygens (including phenoxy) is 2. The molecule has 10 heteroatoms. The lowest BCUT2D eigenvalue weighted by molar-refractivity contribution is -0.161. The largest absolute Gasteiger partial charge is 0.472 e. The normalized spacial score (nSPS) is 13.4. The van der Waals surface area contributed by atoms with Gasteiger partial charge in [0, 0.05) is 19.4 Å². The molecule has 0 aromatic heterocycles. The maximum atomic E-state index is 12.6. The van der Waals surface area contributed by atoms with Crippen LogP contribution < -0.4 is 5.73 Å². The number of phosphoric ester groups is 1. The first-order valence-electron chi connectivity index (χ1n) is 21.2. The van der Waals surface area contributed by atoms with E-state index in [9.17, 15) is 19.0 Å². The summed E-state index contributed by atoms with van der Waals surface area (Å²) in [5.41, 5.74) is 5.34. The molecule has 0 bridgehead atoms. The van der Waals surface area contributed by atoms with Gasteiger partial charge in [0.1, 0.15) is 6.61 Å². The highest BCUT2D eigenvalue weighted by atomic mass is 31.2. The lowest BCUT2D eigenvalue weighted by atomic mass is 10.0.